The third kappa shape index (κ3) is 2.93. The average Bonchev–Trinajstić information content (AvgIpc) is 2.49. The fourth-order valence-electron chi connectivity index (χ4n) is 1.44. The predicted molar refractivity (Wildman–Crippen MR) is 61.1 cm³/mol. The molecule has 1 aromatic rings. The molecule has 0 saturated heterocycles. The minimum Gasteiger partial charge on any atom is -0.309 e. The van der Waals surface area contributed by atoms with Crippen LogP contribution in [0.25, 0.3) is 0 Å². The van der Waals surface area contributed by atoms with E-state index in [2.05, 4.69) is 0 Å². The second-order valence-corrected chi connectivity index (χ2v) is 5.23. The Labute approximate surface area is 89.5 Å². The molecule has 14 heavy (non-hydrogen) atoms. The van der Waals surface area contributed by atoms with Crippen LogP contribution in [0.3, 0.4) is 0 Å². The quantitative estimate of drug-likeness (QED) is 0.713. The van der Waals surface area contributed by atoms with Crippen LogP contribution < -0.4 is 0 Å². The van der Waals surface area contributed by atoms with Crippen LogP contribution in [0.4, 0.5) is 0 Å². The van der Waals surface area contributed by atoms with Gasteiger partial charge in [-0.2, -0.15) is 0 Å². The van der Waals surface area contributed by atoms with Crippen LogP contribution in [0.1, 0.15) is 21.5 Å². The number of Topliss-reactive ketones (excluding diaryl/α,β-unsaturated/α-hetero) is 1. The molecule has 0 amide bonds. The van der Waals surface area contributed by atoms with Crippen LogP contribution in [0.2, 0.25) is 0 Å². The average molecular weight is 211 g/mol. The molecule has 1 rings (SSSR count). The molecule has 3 heteroatoms. The van der Waals surface area contributed by atoms with Gasteiger partial charge in [0.05, 0.1) is 4.88 Å². The van der Waals surface area contributed by atoms with Gasteiger partial charge >= 0.3 is 0 Å². The standard InChI is InChI=1S/C11H17NOS/c1-8(7-12(3)4)11(13)10-6-5-9(2)14-10/h5-6,8H,7H2,1-4H3/t8-/m1/s1. The highest BCUT2D eigenvalue weighted by Crippen LogP contribution is 2.19. The zero-order valence-electron chi connectivity index (χ0n) is 9.20. The number of hydrogen-bond donors (Lipinski definition) is 0. The summed E-state index contributed by atoms with van der Waals surface area (Å²) in [5, 5.41) is 0. The number of aryl methyl sites for hydroxylation is 1. The second kappa shape index (κ2) is 4.71. The number of hydrogen-bond acceptors (Lipinski definition) is 3. The van der Waals surface area contributed by atoms with Crippen molar-refractivity contribution in [3.63, 3.8) is 0 Å². The van der Waals surface area contributed by atoms with Crippen LogP contribution in [-0.4, -0.2) is 31.3 Å². The molecule has 1 aromatic heterocycles. The molecule has 0 unspecified atom stereocenters. The summed E-state index contributed by atoms with van der Waals surface area (Å²) < 4.78 is 0. The van der Waals surface area contributed by atoms with E-state index in [1.54, 1.807) is 11.3 Å². The normalized spacial score (nSPS) is 13.2. The molecule has 0 saturated carbocycles. The first-order valence-electron chi connectivity index (χ1n) is 4.76. The Bertz CT molecular complexity index is 317. The summed E-state index contributed by atoms with van der Waals surface area (Å²) in [7, 11) is 3.98. The van der Waals surface area contributed by atoms with E-state index < -0.39 is 0 Å². The molecule has 0 aromatic carbocycles. The van der Waals surface area contributed by atoms with Crippen molar-refractivity contribution < 1.29 is 4.79 Å². The summed E-state index contributed by atoms with van der Waals surface area (Å²) in [6.07, 6.45) is 0. The van der Waals surface area contributed by atoms with Gasteiger partial charge in [0.2, 0.25) is 0 Å². The molecule has 1 atom stereocenters. The lowest BCUT2D eigenvalue weighted by atomic mass is 10.1. The van der Waals surface area contributed by atoms with Gasteiger partial charge in [-0.15, -0.1) is 11.3 Å². The Morgan fingerprint density at radius 3 is 2.57 bits per heavy atom. The van der Waals surface area contributed by atoms with Gasteiger partial charge in [0.15, 0.2) is 5.78 Å². The zero-order valence-corrected chi connectivity index (χ0v) is 10.0. The van der Waals surface area contributed by atoms with E-state index in [9.17, 15) is 4.79 Å². The van der Waals surface area contributed by atoms with E-state index in [1.165, 1.54) is 4.88 Å². The van der Waals surface area contributed by atoms with Crippen molar-refractivity contribution in [1.82, 2.24) is 4.90 Å². The molecule has 78 valence electrons. The fourth-order valence-corrected chi connectivity index (χ4v) is 2.36. The van der Waals surface area contributed by atoms with Crippen LogP contribution >= 0.6 is 11.3 Å². The Morgan fingerprint density at radius 2 is 2.14 bits per heavy atom. The number of nitrogens with zero attached hydrogens (tertiary/aromatic N) is 1. The first-order chi connectivity index (χ1) is 6.50. The van der Waals surface area contributed by atoms with Crippen molar-refractivity contribution >= 4 is 17.1 Å². The van der Waals surface area contributed by atoms with Crippen LogP contribution in [0, 0.1) is 12.8 Å². The van der Waals surface area contributed by atoms with Gasteiger partial charge in [0.25, 0.3) is 0 Å². The maximum atomic E-state index is 11.9. The second-order valence-electron chi connectivity index (χ2n) is 3.94. The minimum atomic E-state index is 0.0862. The van der Waals surface area contributed by atoms with Crippen molar-refractivity contribution in [2.24, 2.45) is 5.92 Å². The van der Waals surface area contributed by atoms with E-state index >= 15 is 0 Å². The van der Waals surface area contributed by atoms with Gasteiger partial charge in [0, 0.05) is 17.3 Å². The molecular formula is C11H17NOS. The Hall–Kier alpha value is -0.670. The predicted octanol–water partition coefficient (Wildman–Crippen LogP) is 2.44. The van der Waals surface area contributed by atoms with Crippen molar-refractivity contribution in [3.8, 4) is 0 Å². The SMILES string of the molecule is Cc1ccc(C(=O)[C@H](C)CN(C)C)s1. The Morgan fingerprint density at radius 1 is 1.50 bits per heavy atom. The van der Waals surface area contributed by atoms with Gasteiger partial charge in [-0.05, 0) is 33.2 Å². The van der Waals surface area contributed by atoms with Crippen LogP contribution in [-0.2, 0) is 0 Å². The molecule has 0 spiro atoms. The molecule has 0 bridgehead atoms. The van der Waals surface area contributed by atoms with Gasteiger partial charge in [-0.3, -0.25) is 4.79 Å². The summed E-state index contributed by atoms with van der Waals surface area (Å²) in [5.41, 5.74) is 0. The maximum absolute atomic E-state index is 11.9. The summed E-state index contributed by atoms with van der Waals surface area (Å²) >= 11 is 1.58. The van der Waals surface area contributed by atoms with Crippen molar-refractivity contribution in [2.75, 3.05) is 20.6 Å². The summed E-state index contributed by atoms with van der Waals surface area (Å²) in [5.74, 6) is 0.347. The fraction of sp³-hybridized carbons (Fsp3) is 0.545. The van der Waals surface area contributed by atoms with Crippen molar-refractivity contribution in [1.29, 1.82) is 0 Å². The van der Waals surface area contributed by atoms with Crippen LogP contribution in [0.15, 0.2) is 12.1 Å². The van der Waals surface area contributed by atoms with E-state index in [1.807, 2.05) is 45.0 Å². The highest BCUT2D eigenvalue weighted by Gasteiger charge is 2.16. The lowest BCUT2D eigenvalue weighted by Crippen LogP contribution is -2.25. The van der Waals surface area contributed by atoms with E-state index in [0.717, 1.165) is 11.4 Å². The Kier molecular flexibility index (Phi) is 3.84. The molecule has 1 heterocycles. The highest BCUT2D eigenvalue weighted by molar-refractivity contribution is 7.14. The first-order valence-corrected chi connectivity index (χ1v) is 5.57. The number of thiophene rings is 1. The van der Waals surface area contributed by atoms with Crippen molar-refractivity contribution in [3.05, 3.63) is 21.9 Å². The summed E-state index contributed by atoms with van der Waals surface area (Å²) in [6.45, 7) is 4.82. The van der Waals surface area contributed by atoms with Gasteiger partial charge in [-0.1, -0.05) is 6.92 Å². The lowest BCUT2D eigenvalue weighted by Gasteiger charge is -2.14. The van der Waals surface area contributed by atoms with Crippen molar-refractivity contribution in [2.45, 2.75) is 13.8 Å². The molecular weight excluding hydrogens is 194 g/mol. The molecule has 0 N–H and O–H groups in total. The van der Waals surface area contributed by atoms with E-state index in [0.29, 0.717) is 0 Å². The monoisotopic (exact) mass is 211 g/mol. The number of carbonyl (C=O) groups is 1. The van der Waals surface area contributed by atoms with Gasteiger partial charge in [0.1, 0.15) is 0 Å². The smallest absolute Gasteiger partial charge is 0.176 e. The number of ketones is 1. The number of rotatable bonds is 4. The molecule has 0 aliphatic carbocycles. The summed E-state index contributed by atoms with van der Waals surface area (Å²) in [4.78, 5) is 16.0. The maximum Gasteiger partial charge on any atom is 0.176 e. The molecule has 0 aliphatic heterocycles. The van der Waals surface area contributed by atoms with Crippen LogP contribution in [0.5, 0.6) is 0 Å². The molecule has 0 radical (unpaired) electrons. The topological polar surface area (TPSA) is 20.3 Å². The highest BCUT2D eigenvalue weighted by atomic mass is 32.1. The molecule has 0 fully saturated rings. The Balaban J connectivity index is 2.65. The van der Waals surface area contributed by atoms with E-state index in [4.69, 9.17) is 0 Å². The first kappa shape index (κ1) is 11.4. The summed E-state index contributed by atoms with van der Waals surface area (Å²) in [6, 6.07) is 3.93. The largest absolute Gasteiger partial charge is 0.309 e. The minimum absolute atomic E-state index is 0.0862. The third-order valence-corrected chi connectivity index (χ3v) is 3.09. The van der Waals surface area contributed by atoms with E-state index in [-0.39, 0.29) is 11.7 Å². The van der Waals surface area contributed by atoms with Gasteiger partial charge < -0.3 is 4.90 Å². The van der Waals surface area contributed by atoms with Gasteiger partial charge in [-0.25, -0.2) is 0 Å². The zero-order chi connectivity index (χ0) is 10.7. The molecule has 2 nitrogen and oxygen atoms in total. The third-order valence-electron chi connectivity index (χ3n) is 2.07. The lowest BCUT2D eigenvalue weighted by molar-refractivity contribution is 0.0914. The number of carbonyl (C=O) groups excluding carboxylic acids is 1. The molecule has 0 aliphatic rings.